The predicted octanol–water partition coefficient (Wildman–Crippen LogP) is 3.12. The zero-order valence-electron chi connectivity index (χ0n) is 21.7. The molecule has 3 aliphatic carbocycles. The quantitative estimate of drug-likeness (QED) is 0.266. The Labute approximate surface area is 238 Å². The average molecular weight is 567 g/mol. The third-order valence-corrected chi connectivity index (χ3v) is 9.09. The second-order valence-electron chi connectivity index (χ2n) is 10.8. The minimum Gasteiger partial charge on any atom is -0.733 e. The topological polar surface area (TPSA) is 168 Å². The molecule has 2 N–H and O–H groups in total. The Bertz CT molecular complexity index is 1560. The summed E-state index contributed by atoms with van der Waals surface area (Å²) in [7, 11) is 0. The number of imide groups is 2. The lowest BCUT2D eigenvalue weighted by atomic mass is 9.45. The van der Waals surface area contributed by atoms with Crippen LogP contribution in [0.4, 0.5) is 22.7 Å². The number of benzene rings is 3. The maximum atomic E-state index is 14.2. The Morgan fingerprint density at radius 2 is 1.05 bits per heavy atom. The third-order valence-electron chi connectivity index (χ3n) is 9.09. The molecule has 2 aliphatic heterocycles. The van der Waals surface area contributed by atoms with Gasteiger partial charge in [0.25, 0.3) is 0 Å². The van der Waals surface area contributed by atoms with Crippen LogP contribution in [0.1, 0.15) is 5.56 Å². The van der Waals surface area contributed by atoms with Crippen molar-refractivity contribution >= 4 is 46.4 Å². The van der Waals surface area contributed by atoms with Crippen LogP contribution in [0.2, 0.25) is 0 Å². The lowest BCUT2D eigenvalue weighted by Crippen LogP contribution is -2.60. The largest absolute Gasteiger partial charge is 0.733 e. The van der Waals surface area contributed by atoms with E-state index >= 15 is 0 Å². The van der Waals surface area contributed by atoms with Crippen molar-refractivity contribution in [1.29, 1.82) is 0 Å². The highest BCUT2D eigenvalue weighted by atomic mass is 16.8. The summed E-state index contributed by atoms with van der Waals surface area (Å²) in [4.78, 5) is 58.7. The molecule has 12 nitrogen and oxygen atoms in total. The number of anilines is 4. The summed E-state index contributed by atoms with van der Waals surface area (Å²) in [5.74, 6) is -6.67. The van der Waals surface area contributed by atoms with Gasteiger partial charge in [-0.3, -0.25) is 29.6 Å². The van der Waals surface area contributed by atoms with Crippen LogP contribution >= 0.6 is 0 Å². The van der Waals surface area contributed by atoms with Crippen molar-refractivity contribution in [3.8, 4) is 0 Å². The van der Waals surface area contributed by atoms with Gasteiger partial charge in [0.05, 0.1) is 46.4 Å². The van der Waals surface area contributed by atoms with Crippen molar-refractivity contribution in [3.05, 3.63) is 107 Å². The zero-order valence-corrected chi connectivity index (χ0v) is 21.7. The molecule has 8 rings (SSSR count). The molecule has 2 saturated heterocycles. The fourth-order valence-corrected chi connectivity index (χ4v) is 7.45. The normalized spacial score (nSPS) is 29.3. The molecule has 4 atom stereocenters. The molecule has 0 aromatic heterocycles. The summed E-state index contributed by atoms with van der Waals surface area (Å²) in [5, 5.41) is 40.3. The standard InChI is InChI=1S/C30H22N4O8/c35-26-22-21-14-15-30(16-4-2-1-3-5-16,24(22)28(37)31(26)17-6-10-19(11-7-17)33(39)40)25-23(21)27(36)32(29(25)38)18-8-12-20(13-9-18)34(41)42/h1-15,21-25,39,41H/q-2. The molecule has 3 aromatic carbocycles. The fourth-order valence-electron chi connectivity index (χ4n) is 7.45. The molecule has 42 heavy (non-hydrogen) atoms. The number of rotatable bonds is 5. The van der Waals surface area contributed by atoms with Gasteiger partial charge < -0.3 is 20.9 Å². The molecule has 3 fully saturated rings. The molecule has 2 bridgehead atoms. The van der Waals surface area contributed by atoms with Crippen LogP contribution in [0, 0.1) is 40.0 Å². The molecule has 2 heterocycles. The van der Waals surface area contributed by atoms with E-state index in [0.717, 1.165) is 9.80 Å². The maximum absolute atomic E-state index is 14.2. The second kappa shape index (κ2) is 9.06. The van der Waals surface area contributed by atoms with Gasteiger partial charge in [-0.1, -0.05) is 42.5 Å². The van der Waals surface area contributed by atoms with Gasteiger partial charge in [-0.2, -0.15) is 0 Å². The van der Waals surface area contributed by atoms with Gasteiger partial charge in [-0.15, -0.1) is 0 Å². The highest BCUT2D eigenvalue weighted by Crippen LogP contribution is 2.65. The smallest absolute Gasteiger partial charge is 0.238 e. The molecule has 212 valence electrons. The average Bonchev–Trinajstić information content (AvgIpc) is 3.44. The van der Waals surface area contributed by atoms with Crippen LogP contribution in [-0.2, 0) is 24.6 Å². The van der Waals surface area contributed by atoms with Gasteiger partial charge in [0.1, 0.15) is 0 Å². The van der Waals surface area contributed by atoms with Gasteiger partial charge in [0.15, 0.2) is 0 Å². The lowest BCUT2D eigenvalue weighted by Gasteiger charge is -2.53. The molecule has 0 spiro atoms. The van der Waals surface area contributed by atoms with Gasteiger partial charge >= 0.3 is 0 Å². The maximum Gasteiger partial charge on any atom is 0.238 e. The minimum absolute atomic E-state index is 0.0847. The Hall–Kier alpha value is -4.88. The minimum atomic E-state index is -1.32. The van der Waals surface area contributed by atoms with Gasteiger partial charge in [0.2, 0.25) is 23.6 Å². The number of nitrogens with zero attached hydrogens (tertiary/aromatic N) is 4. The first-order valence-electron chi connectivity index (χ1n) is 13.2. The van der Waals surface area contributed by atoms with E-state index in [1.165, 1.54) is 48.5 Å². The van der Waals surface area contributed by atoms with E-state index in [0.29, 0.717) is 5.56 Å². The highest BCUT2D eigenvalue weighted by molar-refractivity contribution is 6.27. The molecule has 1 saturated carbocycles. The van der Waals surface area contributed by atoms with Crippen LogP contribution in [0.15, 0.2) is 91.0 Å². The van der Waals surface area contributed by atoms with Gasteiger partial charge in [0, 0.05) is 11.3 Å². The van der Waals surface area contributed by atoms with E-state index in [9.17, 15) is 40.0 Å². The van der Waals surface area contributed by atoms with Crippen molar-refractivity contribution in [2.45, 2.75) is 5.41 Å². The highest BCUT2D eigenvalue weighted by Gasteiger charge is 2.75. The van der Waals surface area contributed by atoms with Crippen molar-refractivity contribution in [3.63, 3.8) is 0 Å². The molecule has 4 amide bonds. The van der Waals surface area contributed by atoms with Crippen molar-refractivity contribution in [1.82, 2.24) is 0 Å². The molecule has 0 radical (unpaired) electrons. The Balaban J connectivity index is 1.36. The Morgan fingerprint density at radius 1 is 0.619 bits per heavy atom. The summed E-state index contributed by atoms with van der Waals surface area (Å²) in [6, 6.07) is 19.5. The van der Waals surface area contributed by atoms with E-state index in [-0.39, 0.29) is 33.2 Å². The Kier molecular flexibility index (Phi) is 5.62. The molecule has 3 aromatic rings. The summed E-state index contributed by atoms with van der Waals surface area (Å²) < 4.78 is 0. The van der Waals surface area contributed by atoms with Crippen LogP contribution in [0.5, 0.6) is 0 Å². The van der Waals surface area contributed by atoms with Crippen molar-refractivity contribution in [2.24, 2.45) is 29.6 Å². The first-order chi connectivity index (χ1) is 20.2. The van der Waals surface area contributed by atoms with Gasteiger partial charge in [-0.05, 0) is 54.1 Å². The number of carbonyl (C=O) groups excluding carboxylic acids is 4. The van der Waals surface area contributed by atoms with E-state index in [1.54, 1.807) is 42.5 Å². The monoisotopic (exact) mass is 566 g/mol. The second-order valence-corrected chi connectivity index (χ2v) is 10.8. The number of hydrogen-bond donors (Lipinski definition) is 2. The van der Waals surface area contributed by atoms with E-state index in [1.807, 2.05) is 0 Å². The SMILES string of the molecule is O=C1C2C3C=CC(c4ccccc4)(C2C(=O)N1c1ccc(N([O-])O)cc1)C1C(=O)N(c2ccc(N([O-])O)cc2)C(=O)C31. The summed E-state index contributed by atoms with van der Waals surface area (Å²) >= 11 is 0. The number of carbonyl (C=O) groups is 4. The summed E-state index contributed by atoms with van der Waals surface area (Å²) in [5.41, 5.74) is -0.466. The van der Waals surface area contributed by atoms with E-state index < -0.39 is 58.6 Å². The Morgan fingerprint density at radius 3 is 1.45 bits per heavy atom. The first kappa shape index (κ1) is 26.0. The van der Waals surface area contributed by atoms with Crippen LogP contribution in [-0.4, -0.2) is 34.0 Å². The zero-order chi connectivity index (χ0) is 29.5. The number of hydrogen-bond acceptors (Lipinski definition) is 10. The van der Waals surface area contributed by atoms with Crippen LogP contribution < -0.4 is 20.3 Å². The fraction of sp³-hybridized carbons (Fsp3) is 0.200. The first-order valence-corrected chi connectivity index (χ1v) is 13.2. The molecular weight excluding hydrogens is 544 g/mol. The predicted molar refractivity (Wildman–Crippen MR) is 148 cm³/mol. The molecule has 12 heteroatoms. The molecule has 4 unspecified atom stereocenters. The van der Waals surface area contributed by atoms with Crippen molar-refractivity contribution in [2.75, 3.05) is 20.3 Å². The van der Waals surface area contributed by atoms with Crippen molar-refractivity contribution < 1.29 is 29.6 Å². The summed E-state index contributed by atoms with van der Waals surface area (Å²) in [6.45, 7) is 0. The number of amides is 4. The third kappa shape index (κ3) is 3.31. The molecular formula is C30H22N4O8-2. The van der Waals surface area contributed by atoms with Crippen LogP contribution in [0.3, 0.4) is 0 Å². The lowest BCUT2D eigenvalue weighted by molar-refractivity contribution is -0.140. The van der Waals surface area contributed by atoms with Gasteiger partial charge in [-0.25, -0.2) is 9.80 Å². The number of allylic oxidation sites excluding steroid dienone is 2. The summed E-state index contributed by atoms with van der Waals surface area (Å²) in [6.07, 6.45) is 3.57. The van der Waals surface area contributed by atoms with Crippen LogP contribution in [0.25, 0.3) is 0 Å². The molecule has 5 aliphatic rings. The van der Waals surface area contributed by atoms with E-state index in [4.69, 9.17) is 0 Å². The van der Waals surface area contributed by atoms with E-state index in [2.05, 4.69) is 0 Å².